The summed E-state index contributed by atoms with van der Waals surface area (Å²) in [5.41, 5.74) is 10.4. The van der Waals surface area contributed by atoms with Gasteiger partial charge in [0.1, 0.15) is 5.82 Å². The molecule has 0 radical (unpaired) electrons. The van der Waals surface area contributed by atoms with Crippen molar-refractivity contribution in [1.82, 2.24) is 10.3 Å². The number of benzene rings is 1. The van der Waals surface area contributed by atoms with Gasteiger partial charge in [0.2, 0.25) is 0 Å². The third-order valence-corrected chi connectivity index (χ3v) is 5.34. The lowest BCUT2D eigenvalue weighted by Gasteiger charge is -2.08. The maximum absolute atomic E-state index is 5.74. The summed E-state index contributed by atoms with van der Waals surface area (Å²) >= 11 is 6.09. The third-order valence-electron chi connectivity index (χ3n) is 3.80. The molecule has 0 aliphatic heterocycles. The zero-order valence-electron chi connectivity index (χ0n) is 13.4. The van der Waals surface area contributed by atoms with Crippen molar-refractivity contribution in [3.05, 3.63) is 60.3 Å². The molecule has 5 heteroatoms. The summed E-state index contributed by atoms with van der Waals surface area (Å²) in [4.78, 5) is 7.26. The van der Waals surface area contributed by atoms with E-state index in [4.69, 9.17) is 5.73 Å². The average Bonchev–Trinajstić information content (AvgIpc) is 3.07. The predicted octanol–water partition coefficient (Wildman–Crippen LogP) is 4.71. The number of hydrogen-bond donors (Lipinski definition) is 3. The van der Waals surface area contributed by atoms with Crippen molar-refractivity contribution in [2.45, 2.75) is 11.4 Å². The van der Waals surface area contributed by atoms with Crippen LogP contribution in [-0.4, -0.2) is 12.0 Å². The van der Waals surface area contributed by atoms with E-state index in [1.807, 2.05) is 19.2 Å². The molecule has 3 rings (SSSR count). The normalized spacial score (nSPS) is 10.8. The molecule has 0 spiro atoms. The molecule has 1 aromatic carbocycles. The summed E-state index contributed by atoms with van der Waals surface area (Å²) in [6.45, 7) is 4.70. The SMILES string of the molecule is C=Cc1ccc(-c2ccc(-c3cnc(N)c(S)c3)s2)cc1CNC. The highest BCUT2D eigenvalue weighted by Gasteiger charge is 2.09. The molecule has 122 valence electrons. The number of nitrogens with two attached hydrogens (primary N) is 1. The topological polar surface area (TPSA) is 50.9 Å². The van der Waals surface area contributed by atoms with Gasteiger partial charge in [-0.15, -0.1) is 24.0 Å². The van der Waals surface area contributed by atoms with E-state index >= 15 is 0 Å². The first-order valence-corrected chi connectivity index (χ1v) is 8.83. The molecule has 0 fully saturated rings. The van der Waals surface area contributed by atoms with E-state index in [1.54, 1.807) is 17.5 Å². The number of aromatic nitrogens is 1. The summed E-state index contributed by atoms with van der Waals surface area (Å²) < 4.78 is 0. The molecule has 2 aromatic heterocycles. The molecule has 2 heterocycles. The second kappa shape index (κ2) is 7.21. The van der Waals surface area contributed by atoms with Crippen LogP contribution in [0.3, 0.4) is 0 Å². The fourth-order valence-corrected chi connectivity index (χ4v) is 3.73. The van der Waals surface area contributed by atoms with Crippen LogP contribution in [0.15, 0.2) is 54.1 Å². The van der Waals surface area contributed by atoms with Gasteiger partial charge in [0.25, 0.3) is 0 Å². The smallest absolute Gasteiger partial charge is 0.136 e. The maximum Gasteiger partial charge on any atom is 0.136 e. The van der Waals surface area contributed by atoms with Gasteiger partial charge < -0.3 is 11.1 Å². The van der Waals surface area contributed by atoms with Crippen LogP contribution < -0.4 is 11.1 Å². The Hall–Kier alpha value is -2.08. The van der Waals surface area contributed by atoms with Crippen LogP contribution in [0, 0.1) is 0 Å². The zero-order valence-corrected chi connectivity index (χ0v) is 15.1. The fraction of sp³-hybridized carbons (Fsp3) is 0.105. The minimum Gasteiger partial charge on any atom is -0.383 e. The molecule has 0 saturated heterocycles. The molecule has 0 atom stereocenters. The lowest BCUT2D eigenvalue weighted by Crippen LogP contribution is -2.06. The fourth-order valence-electron chi connectivity index (χ4n) is 2.55. The first-order valence-electron chi connectivity index (χ1n) is 7.57. The largest absolute Gasteiger partial charge is 0.383 e. The number of thiophene rings is 1. The Bertz CT molecular complexity index is 884. The van der Waals surface area contributed by atoms with E-state index in [2.05, 4.69) is 59.8 Å². The molecule has 0 bridgehead atoms. The Labute approximate surface area is 151 Å². The third kappa shape index (κ3) is 3.38. The Kier molecular flexibility index (Phi) is 5.04. The summed E-state index contributed by atoms with van der Waals surface area (Å²) in [7, 11) is 1.95. The van der Waals surface area contributed by atoms with Crippen molar-refractivity contribution in [1.29, 1.82) is 0 Å². The first-order chi connectivity index (χ1) is 11.6. The molecule has 0 amide bonds. The van der Waals surface area contributed by atoms with E-state index in [0.717, 1.165) is 22.5 Å². The number of thiol groups is 1. The van der Waals surface area contributed by atoms with Crippen LogP contribution >= 0.6 is 24.0 Å². The number of rotatable bonds is 5. The van der Waals surface area contributed by atoms with Gasteiger partial charge in [0.05, 0.1) is 0 Å². The van der Waals surface area contributed by atoms with Crippen LogP contribution in [0.4, 0.5) is 5.82 Å². The van der Waals surface area contributed by atoms with E-state index in [-0.39, 0.29) is 0 Å². The van der Waals surface area contributed by atoms with E-state index in [1.165, 1.54) is 16.0 Å². The Balaban J connectivity index is 1.96. The van der Waals surface area contributed by atoms with E-state index in [9.17, 15) is 0 Å². The Morgan fingerprint density at radius 3 is 2.62 bits per heavy atom. The second-order valence-electron chi connectivity index (χ2n) is 5.44. The first kappa shape index (κ1) is 16.8. The molecular formula is C19H19N3S2. The van der Waals surface area contributed by atoms with Crippen LogP contribution in [0.25, 0.3) is 27.0 Å². The average molecular weight is 354 g/mol. The summed E-state index contributed by atoms with van der Waals surface area (Å²) in [6.07, 6.45) is 3.68. The van der Waals surface area contributed by atoms with Gasteiger partial charge in [0, 0.05) is 33.0 Å². The number of pyridine rings is 1. The van der Waals surface area contributed by atoms with Crippen LogP contribution in [0.1, 0.15) is 11.1 Å². The van der Waals surface area contributed by atoms with Crippen LogP contribution in [0.2, 0.25) is 0 Å². The summed E-state index contributed by atoms with van der Waals surface area (Å²) in [5, 5.41) is 3.21. The van der Waals surface area contributed by atoms with E-state index in [0.29, 0.717) is 10.7 Å². The van der Waals surface area contributed by atoms with Crippen molar-refractivity contribution in [3.8, 4) is 20.9 Å². The van der Waals surface area contributed by atoms with Crippen molar-refractivity contribution in [2.75, 3.05) is 12.8 Å². The molecule has 0 saturated carbocycles. The highest BCUT2D eigenvalue weighted by Crippen LogP contribution is 2.36. The molecule has 0 aliphatic rings. The molecule has 3 N–H and O–H groups in total. The number of nitrogens with one attached hydrogen (secondary N) is 1. The van der Waals surface area contributed by atoms with Crippen molar-refractivity contribution < 1.29 is 0 Å². The van der Waals surface area contributed by atoms with Gasteiger partial charge in [0.15, 0.2) is 0 Å². The maximum atomic E-state index is 5.74. The van der Waals surface area contributed by atoms with Crippen molar-refractivity contribution in [2.24, 2.45) is 0 Å². The number of nitrogens with zero attached hydrogens (tertiary/aromatic N) is 1. The van der Waals surface area contributed by atoms with Gasteiger partial charge in [-0.05, 0) is 48.0 Å². The van der Waals surface area contributed by atoms with Crippen molar-refractivity contribution >= 4 is 35.9 Å². The van der Waals surface area contributed by atoms with Gasteiger partial charge in [-0.3, -0.25) is 0 Å². The monoisotopic (exact) mass is 353 g/mol. The highest BCUT2D eigenvalue weighted by molar-refractivity contribution is 7.80. The lowest BCUT2D eigenvalue weighted by molar-refractivity contribution is 0.817. The molecule has 0 unspecified atom stereocenters. The van der Waals surface area contributed by atoms with Gasteiger partial charge >= 0.3 is 0 Å². The number of nitrogen functional groups attached to an aromatic ring is 1. The quantitative estimate of drug-likeness (QED) is 0.582. The van der Waals surface area contributed by atoms with Crippen molar-refractivity contribution in [3.63, 3.8) is 0 Å². The second-order valence-corrected chi connectivity index (χ2v) is 7.01. The molecule has 3 aromatic rings. The van der Waals surface area contributed by atoms with E-state index < -0.39 is 0 Å². The minimum absolute atomic E-state index is 0.454. The lowest BCUT2D eigenvalue weighted by atomic mass is 10.0. The Morgan fingerprint density at radius 2 is 1.96 bits per heavy atom. The zero-order chi connectivity index (χ0) is 17.1. The van der Waals surface area contributed by atoms with Gasteiger partial charge in [-0.25, -0.2) is 4.98 Å². The molecule has 24 heavy (non-hydrogen) atoms. The number of anilines is 1. The summed E-state index contributed by atoms with van der Waals surface area (Å²) in [6, 6.07) is 12.7. The number of hydrogen-bond acceptors (Lipinski definition) is 5. The summed E-state index contributed by atoms with van der Waals surface area (Å²) in [5.74, 6) is 0.454. The van der Waals surface area contributed by atoms with Gasteiger partial charge in [-0.1, -0.05) is 24.8 Å². The Morgan fingerprint density at radius 1 is 1.21 bits per heavy atom. The standard InChI is InChI=1S/C19H19N3S2/c1-3-12-4-5-13(8-14(12)10-21-2)17-6-7-18(24-17)15-9-16(23)19(20)22-11-15/h3-9,11,21,23H,1,10H2,2H3,(H2,20,22). The minimum atomic E-state index is 0.454. The predicted molar refractivity (Wildman–Crippen MR) is 108 cm³/mol. The molecular weight excluding hydrogens is 334 g/mol. The van der Waals surface area contributed by atoms with Crippen LogP contribution in [0.5, 0.6) is 0 Å². The van der Waals surface area contributed by atoms with Crippen LogP contribution in [-0.2, 0) is 6.54 Å². The highest BCUT2D eigenvalue weighted by atomic mass is 32.1. The molecule has 0 aliphatic carbocycles. The molecule has 3 nitrogen and oxygen atoms in total. The van der Waals surface area contributed by atoms with Gasteiger partial charge in [-0.2, -0.15) is 0 Å².